The number of nitrogens with zero attached hydrogens (tertiary/aromatic N) is 3. The third kappa shape index (κ3) is 9.81. The van der Waals surface area contributed by atoms with E-state index in [9.17, 15) is 14.4 Å². The van der Waals surface area contributed by atoms with Gasteiger partial charge in [0.15, 0.2) is 5.60 Å². The standard InChI is InChI=1S/C21H31N3O3.C6H8O7/c1-5-24-14-18(16(2)22-24)13-23(15-20-7-6-10-27-20)12-17-8-9-19(25-3)11-21(17)26-4;7-3(8)1-6(13,5(11)12)2-4(9)10/h8-9,11,14,20H,5-7,10,12-13,15H2,1-4H3;13H,1-2H2,(H,7,8)(H,9,10)(H,11,12). The number of rotatable bonds is 14. The lowest BCUT2D eigenvalue weighted by atomic mass is 9.96. The summed E-state index contributed by atoms with van der Waals surface area (Å²) in [6, 6.07) is 6.02. The molecule has 1 saturated heterocycles. The third-order valence-corrected chi connectivity index (χ3v) is 6.43. The number of ether oxygens (including phenoxy) is 3. The highest BCUT2D eigenvalue weighted by molar-refractivity contribution is 5.88. The molecule has 0 aliphatic carbocycles. The number of carboxylic acid groups (broad SMARTS) is 3. The topological polar surface area (TPSA) is 181 Å². The summed E-state index contributed by atoms with van der Waals surface area (Å²) in [4.78, 5) is 32.9. The van der Waals surface area contributed by atoms with E-state index in [1.54, 1.807) is 14.2 Å². The molecule has 0 amide bonds. The smallest absolute Gasteiger partial charge is 0.336 e. The van der Waals surface area contributed by atoms with Crippen molar-refractivity contribution in [2.75, 3.05) is 27.4 Å². The van der Waals surface area contributed by atoms with Crippen molar-refractivity contribution in [2.24, 2.45) is 0 Å². The van der Waals surface area contributed by atoms with Crippen LogP contribution in [0.2, 0.25) is 0 Å². The van der Waals surface area contributed by atoms with Gasteiger partial charge in [0.2, 0.25) is 0 Å². The molecular formula is C27H39N3O10. The molecule has 0 bridgehead atoms. The van der Waals surface area contributed by atoms with Crippen LogP contribution in [0.25, 0.3) is 0 Å². The summed E-state index contributed by atoms with van der Waals surface area (Å²) in [5.74, 6) is -3.36. The summed E-state index contributed by atoms with van der Waals surface area (Å²) >= 11 is 0. The van der Waals surface area contributed by atoms with Crippen LogP contribution in [-0.2, 0) is 38.8 Å². The maximum atomic E-state index is 10.3. The minimum Gasteiger partial charge on any atom is -0.497 e. The van der Waals surface area contributed by atoms with E-state index in [1.807, 2.05) is 16.8 Å². The highest BCUT2D eigenvalue weighted by atomic mass is 16.5. The van der Waals surface area contributed by atoms with Crippen molar-refractivity contribution in [3.05, 3.63) is 41.2 Å². The zero-order chi connectivity index (χ0) is 29.9. The van der Waals surface area contributed by atoms with Crippen LogP contribution < -0.4 is 9.47 Å². The van der Waals surface area contributed by atoms with Gasteiger partial charge in [-0.2, -0.15) is 5.10 Å². The van der Waals surface area contributed by atoms with Gasteiger partial charge in [0, 0.05) is 56.2 Å². The Morgan fingerprint density at radius 2 is 1.75 bits per heavy atom. The van der Waals surface area contributed by atoms with Crippen molar-refractivity contribution in [3.63, 3.8) is 0 Å². The second-order valence-electron chi connectivity index (χ2n) is 9.56. The van der Waals surface area contributed by atoms with Crippen LogP contribution in [0.5, 0.6) is 11.5 Å². The van der Waals surface area contributed by atoms with Crippen LogP contribution >= 0.6 is 0 Å². The molecular weight excluding hydrogens is 526 g/mol. The number of aliphatic hydroxyl groups is 1. The minimum absolute atomic E-state index is 0.302. The summed E-state index contributed by atoms with van der Waals surface area (Å²) in [5, 5.41) is 38.4. The second-order valence-corrected chi connectivity index (χ2v) is 9.56. The van der Waals surface area contributed by atoms with Gasteiger partial charge in [-0.3, -0.25) is 19.2 Å². The lowest BCUT2D eigenvalue weighted by molar-refractivity contribution is -0.170. The molecule has 13 nitrogen and oxygen atoms in total. The van der Waals surface area contributed by atoms with E-state index in [2.05, 4.69) is 36.1 Å². The molecule has 0 spiro atoms. The van der Waals surface area contributed by atoms with Crippen molar-refractivity contribution in [1.82, 2.24) is 14.7 Å². The van der Waals surface area contributed by atoms with Crippen LogP contribution in [0.1, 0.15) is 49.4 Å². The molecule has 1 unspecified atom stereocenters. The molecule has 3 rings (SSSR count). The van der Waals surface area contributed by atoms with Crippen LogP contribution in [-0.4, -0.2) is 92.1 Å². The molecule has 13 heteroatoms. The maximum Gasteiger partial charge on any atom is 0.336 e. The van der Waals surface area contributed by atoms with E-state index < -0.39 is 36.4 Å². The van der Waals surface area contributed by atoms with Gasteiger partial charge in [0.05, 0.1) is 38.9 Å². The first-order valence-electron chi connectivity index (χ1n) is 12.9. The summed E-state index contributed by atoms with van der Waals surface area (Å²) < 4.78 is 18.8. The number of aromatic nitrogens is 2. The lowest BCUT2D eigenvalue weighted by Crippen LogP contribution is -2.42. The van der Waals surface area contributed by atoms with Crippen LogP contribution in [0.3, 0.4) is 0 Å². The number of benzene rings is 1. The molecule has 1 aromatic heterocycles. The van der Waals surface area contributed by atoms with Gasteiger partial charge in [0.1, 0.15) is 11.5 Å². The Morgan fingerprint density at radius 3 is 2.23 bits per heavy atom. The number of hydrogen-bond acceptors (Lipinski definition) is 9. The van der Waals surface area contributed by atoms with Crippen LogP contribution in [0.4, 0.5) is 0 Å². The zero-order valence-electron chi connectivity index (χ0n) is 23.3. The Kier molecular flexibility index (Phi) is 12.4. The largest absolute Gasteiger partial charge is 0.497 e. The van der Waals surface area contributed by atoms with E-state index >= 15 is 0 Å². The Bertz CT molecular complexity index is 1130. The highest BCUT2D eigenvalue weighted by Crippen LogP contribution is 2.27. The molecule has 1 atom stereocenters. The normalized spacial score (nSPS) is 14.9. The first-order chi connectivity index (χ1) is 18.9. The second kappa shape index (κ2) is 15.2. The molecule has 4 N–H and O–H groups in total. The molecule has 1 aliphatic rings. The molecule has 1 aromatic carbocycles. The number of methoxy groups -OCH3 is 2. The SMILES string of the molecule is CCn1cc(CN(Cc2ccc(OC)cc2OC)CC2CCCO2)c(C)n1.O=C(O)CC(O)(CC(=O)O)C(=O)O. The number of aliphatic carboxylic acids is 3. The van der Waals surface area contributed by atoms with Gasteiger partial charge in [-0.05, 0) is 32.8 Å². The molecule has 0 radical (unpaired) electrons. The monoisotopic (exact) mass is 565 g/mol. The van der Waals surface area contributed by atoms with Crippen molar-refractivity contribution < 1.29 is 49.0 Å². The summed E-state index contributed by atoms with van der Waals surface area (Å²) in [5.41, 5.74) is 0.771. The van der Waals surface area contributed by atoms with Gasteiger partial charge in [-0.1, -0.05) is 6.07 Å². The van der Waals surface area contributed by atoms with E-state index in [0.717, 1.165) is 68.4 Å². The molecule has 2 aromatic rings. The number of aryl methyl sites for hydroxylation is 2. The number of carbonyl (C=O) groups is 3. The predicted octanol–water partition coefficient (Wildman–Crippen LogP) is 2.16. The van der Waals surface area contributed by atoms with E-state index in [-0.39, 0.29) is 0 Å². The summed E-state index contributed by atoms with van der Waals surface area (Å²) in [6.45, 7) is 8.51. The third-order valence-electron chi connectivity index (χ3n) is 6.43. The molecule has 1 aliphatic heterocycles. The molecule has 222 valence electrons. The fourth-order valence-corrected chi connectivity index (χ4v) is 4.32. The van der Waals surface area contributed by atoms with E-state index in [0.29, 0.717) is 6.10 Å². The number of carboxylic acids is 3. The Balaban J connectivity index is 0.000000366. The zero-order valence-corrected chi connectivity index (χ0v) is 23.3. The predicted molar refractivity (Wildman–Crippen MR) is 142 cm³/mol. The van der Waals surface area contributed by atoms with Gasteiger partial charge in [-0.15, -0.1) is 0 Å². The Hall–Kier alpha value is -3.68. The van der Waals surface area contributed by atoms with Gasteiger partial charge in [0.25, 0.3) is 0 Å². The molecule has 1 fully saturated rings. The van der Waals surface area contributed by atoms with Gasteiger partial charge >= 0.3 is 17.9 Å². The van der Waals surface area contributed by atoms with Crippen LogP contribution in [0, 0.1) is 6.92 Å². The first-order valence-corrected chi connectivity index (χ1v) is 12.9. The van der Waals surface area contributed by atoms with Crippen molar-refractivity contribution >= 4 is 17.9 Å². The van der Waals surface area contributed by atoms with Crippen LogP contribution in [0.15, 0.2) is 24.4 Å². The van der Waals surface area contributed by atoms with E-state index in [1.165, 1.54) is 5.56 Å². The van der Waals surface area contributed by atoms with Gasteiger partial charge in [-0.25, -0.2) is 4.79 Å². The van der Waals surface area contributed by atoms with Crippen molar-refractivity contribution in [1.29, 1.82) is 0 Å². The Labute approximate surface area is 232 Å². The fourth-order valence-electron chi connectivity index (χ4n) is 4.32. The fraction of sp³-hybridized carbons (Fsp3) is 0.556. The van der Waals surface area contributed by atoms with Crippen molar-refractivity contribution in [3.8, 4) is 11.5 Å². The summed E-state index contributed by atoms with van der Waals surface area (Å²) in [7, 11) is 3.38. The first kappa shape index (κ1) is 32.5. The average molecular weight is 566 g/mol. The maximum absolute atomic E-state index is 10.3. The molecule has 40 heavy (non-hydrogen) atoms. The number of hydrogen-bond donors (Lipinski definition) is 4. The van der Waals surface area contributed by atoms with E-state index in [4.69, 9.17) is 34.6 Å². The molecule has 2 heterocycles. The average Bonchev–Trinajstić information content (AvgIpc) is 3.52. The minimum atomic E-state index is -2.74. The lowest BCUT2D eigenvalue weighted by Gasteiger charge is -2.26. The van der Waals surface area contributed by atoms with Gasteiger partial charge < -0.3 is 34.6 Å². The summed E-state index contributed by atoms with van der Waals surface area (Å²) in [6.07, 6.45) is 2.45. The molecule has 0 saturated carbocycles. The quantitative estimate of drug-likeness (QED) is 0.262. The highest BCUT2D eigenvalue weighted by Gasteiger charge is 2.40. The Morgan fingerprint density at radius 1 is 1.10 bits per heavy atom. The van der Waals surface area contributed by atoms with Crippen molar-refractivity contribution in [2.45, 2.75) is 70.9 Å².